The number of aromatic nitrogens is 1. The zero-order chi connectivity index (χ0) is 21.2. The van der Waals surface area contributed by atoms with Gasteiger partial charge in [0.15, 0.2) is 0 Å². The van der Waals surface area contributed by atoms with Crippen LogP contribution in [0.1, 0.15) is 39.7 Å². The first-order valence-electron chi connectivity index (χ1n) is 10.00. The van der Waals surface area contributed by atoms with Gasteiger partial charge < -0.3 is 19.4 Å². The van der Waals surface area contributed by atoms with Crippen LogP contribution < -0.4 is 4.90 Å². The summed E-state index contributed by atoms with van der Waals surface area (Å²) in [6.07, 6.45) is 1.85. The van der Waals surface area contributed by atoms with Crippen molar-refractivity contribution in [3.05, 3.63) is 23.9 Å². The maximum absolute atomic E-state index is 13.2. The highest BCUT2D eigenvalue weighted by Gasteiger charge is 2.45. The summed E-state index contributed by atoms with van der Waals surface area (Å²) in [5.41, 5.74) is -0.590. The zero-order valence-electron chi connectivity index (χ0n) is 17.6. The third kappa shape index (κ3) is 4.78. The molecular formula is C21H29N5O3. The second-order valence-corrected chi connectivity index (χ2v) is 9.01. The number of amides is 2. The van der Waals surface area contributed by atoms with Crippen molar-refractivity contribution >= 4 is 17.8 Å². The van der Waals surface area contributed by atoms with E-state index in [1.165, 1.54) is 0 Å². The van der Waals surface area contributed by atoms with E-state index in [0.717, 1.165) is 5.82 Å². The highest BCUT2D eigenvalue weighted by Crippen LogP contribution is 2.33. The summed E-state index contributed by atoms with van der Waals surface area (Å²) in [5.74, 6) is 0.912. The first-order valence-corrected chi connectivity index (χ1v) is 10.00. The molecule has 2 saturated heterocycles. The number of nitrogens with zero attached hydrogens (tertiary/aromatic N) is 5. The third-order valence-corrected chi connectivity index (χ3v) is 5.41. The largest absolute Gasteiger partial charge is 0.444 e. The van der Waals surface area contributed by atoms with E-state index in [1.807, 2.05) is 38.7 Å². The van der Waals surface area contributed by atoms with Crippen molar-refractivity contribution in [1.82, 2.24) is 14.8 Å². The summed E-state index contributed by atoms with van der Waals surface area (Å²) in [4.78, 5) is 35.5. The second kappa shape index (κ2) is 7.90. The van der Waals surface area contributed by atoms with Crippen LogP contribution in [0.3, 0.4) is 0 Å². The lowest BCUT2D eigenvalue weighted by Crippen LogP contribution is -2.53. The molecular weight excluding hydrogens is 370 g/mol. The third-order valence-electron chi connectivity index (χ3n) is 5.41. The number of hydrogen-bond acceptors (Lipinski definition) is 6. The Kier molecular flexibility index (Phi) is 5.69. The van der Waals surface area contributed by atoms with E-state index in [2.05, 4.69) is 16.0 Å². The number of pyridine rings is 1. The molecule has 1 aromatic heterocycles. The first kappa shape index (κ1) is 20.9. The van der Waals surface area contributed by atoms with Gasteiger partial charge in [-0.1, -0.05) is 0 Å². The lowest BCUT2D eigenvalue weighted by atomic mass is 9.88. The van der Waals surface area contributed by atoms with Gasteiger partial charge in [-0.05, 0) is 46.2 Å². The number of nitriles is 1. The smallest absolute Gasteiger partial charge is 0.410 e. The molecule has 0 N–H and O–H groups in total. The second-order valence-electron chi connectivity index (χ2n) is 9.01. The van der Waals surface area contributed by atoms with Gasteiger partial charge in [0.1, 0.15) is 17.5 Å². The Morgan fingerprint density at radius 1 is 1.14 bits per heavy atom. The van der Waals surface area contributed by atoms with Gasteiger partial charge in [0.2, 0.25) is 5.91 Å². The molecule has 8 heteroatoms. The van der Waals surface area contributed by atoms with Gasteiger partial charge in [-0.3, -0.25) is 4.79 Å². The van der Waals surface area contributed by atoms with E-state index in [9.17, 15) is 9.59 Å². The van der Waals surface area contributed by atoms with E-state index >= 15 is 0 Å². The number of likely N-dealkylation sites (tertiary alicyclic amines) is 1. The molecule has 2 fully saturated rings. The first-order chi connectivity index (χ1) is 13.6. The SMILES string of the molecule is CC(C)(C)OC(=O)N1CCC(C)(C(=O)N2CCN(c3ccc(C#N)cn3)CC2)C1. The van der Waals surface area contributed by atoms with Crippen LogP contribution in [0.25, 0.3) is 0 Å². The van der Waals surface area contributed by atoms with Crippen molar-refractivity contribution < 1.29 is 14.3 Å². The lowest BCUT2D eigenvalue weighted by molar-refractivity contribution is -0.140. The Balaban J connectivity index is 1.56. The van der Waals surface area contributed by atoms with Crippen molar-refractivity contribution in [2.75, 3.05) is 44.2 Å². The standard InChI is InChI=1S/C21H29N5O3/c1-20(2,3)29-19(28)26-8-7-21(4,15-26)18(27)25-11-9-24(10-12-25)17-6-5-16(13-22)14-23-17/h5-6,14H,7-12,15H2,1-4H3. The van der Waals surface area contributed by atoms with E-state index in [-0.39, 0.29) is 12.0 Å². The Bertz CT molecular complexity index is 803. The normalized spacial score (nSPS) is 22.4. The Morgan fingerprint density at radius 2 is 1.83 bits per heavy atom. The lowest BCUT2D eigenvalue weighted by Gasteiger charge is -2.39. The summed E-state index contributed by atoms with van der Waals surface area (Å²) in [7, 11) is 0. The summed E-state index contributed by atoms with van der Waals surface area (Å²) in [6.45, 7) is 11.0. The Morgan fingerprint density at radius 3 is 2.38 bits per heavy atom. The Labute approximate surface area is 172 Å². The molecule has 2 aliphatic heterocycles. The number of carbonyl (C=O) groups is 2. The maximum atomic E-state index is 13.2. The molecule has 1 unspecified atom stereocenters. The highest BCUT2D eigenvalue weighted by molar-refractivity contribution is 5.84. The maximum Gasteiger partial charge on any atom is 0.410 e. The van der Waals surface area contributed by atoms with E-state index in [1.54, 1.807) is 17.2 Å². The zero-order valence-corrected chi connectivity index (χ0v) is 17.6. The number of ether oxygens (including phenoxy) is 1. The predicted octanol–water partition coefficient (Wildman–Crippen LogP) is 2.25. The van der Waals surface area contributed by atoms with Gasteiger partial charge in [0, 0.05) is 45.5 Å². The summed E-state index contributed by atoms with van der Waals surface area (Å²) in [5, 5.41) is 8.89. The minimum atomic E-state index is -0.578. The van der Waals surface area contributed by atoms with Gasteiger partial charge in [0.05, 0.1) is 11.0 Å². The van der Waals surface area contributed by atoms with Crippen molar-refractivity contribution in [3.63, 3.8) is 0 Å². The van der Waals surface area contributed by atoms with Crippen LogP contribution in [0.15, 0.2) is 18.3 Å². The molecule has 0 aliphatic carbocycles. The minimum Gasteiger partial charge on any atom is -0.444 e. The topological polar surface area (TPSA) is 89.8 Å². The minimum absolute atomic E-state index is 0.0935. The van der Waals surface area contributed by atoms with E-state index in [4.69, 9.17) is 10.00 Å². The average molecular weight is 399 g/mol. The molecule has 2 amide bonds. The number of anilines is 1. The molecule has 3 heterocycles. The van der Waals surface area contributed by atoms with Gasteiger partial charge in [-0.2, -0.15) is 5.26 Å². The van der Waals surface area contributed by atoms with Crippen LogP contribution in [0, 0.1) is 16.7 Å². The van der Waals surface area contributed by atoms with Crippen LogP contribution in [0.5, 0.6) is 0 Å². The molecule has 0 saturated carbocycles. The molecule has 2 aliphatic rings. The van der Waals surface area contributed by atoms with Crippen molar-refractivity contribution in [1.29, 1.82) is 5.26 Å². The molecule has 1 atom stereocenters. The quantitative estimate of drug-likeness (QED) is 0.758. The number of rotatable bonds is 2. The fourth-order valence-electron chi connectivity index (χ4n) is 3.78. The molecule has 0 radical (unpaired) electrons. The van der Waals surface area contributed by atoms with Crippen LogP contribution in [-0.2, 0) is 9.53 Å². The average Bonchev–Trinajstić information content (AvgIpc) is 3.10. The molecule has 8 nitrogen and oxygen atoms in total. The summed E-state index contributed by atoms with van der Waals surface area (Å²) >= 11 is 0. The van der Waals surface area contributed by atoms with E-state index < -0.39 is 11.0 Å². The van der Waals surface area contributed by atoms with Gasteiger partial charge >= 0.3 is 6.09 Å². The molecule has 156 valence electrons. The number of piperazine rings is 1. The number of hydrogen-bond donors (Lipinski definition) is 0. The van der Waals surface area contributed by atoms with Gasteiger partial charge in [0.25, 0.3) is 0 Å². The monoisotopic (exact) mass is 399 g/mol. The molecule has 3 rings (SSSR count). The van der Waals surface area contributed by atoms with Crippen molar-refractivity contribution in [2.24, 2.45) is 5.41 Å². The highest BCUT2D eigenvalue weighted by atomic mass is 16.6. The fourth-order valence-corrected chi connectivity index (χ4v) is 3.78. The molecule has 0 aromatic carbocycles. The van der Waals surface area contributed by atoms with Crippen molar-refractivity contribution in [3.8, 4) is 6.07 Å². The van der Waals surface area contributed by atoms with Gasteiger partial charge in [-0.25, -0.2) is 9.78 Å². The van der Waals surface area contributed by atoms with Crippen LogP contribution in [0.4, 0.5) is 10.6 Å². The summed E-state index contributed by atoms with van der Waals surface area (Å²) in [6, 6.07) is 5.66. The van der Waals surface area contributed by atoms with Crippen LogP contribution >= 0.6 is 0 Å². The molecule has 1 aromatic rings. The van der Waals surface area contributed by atoms with Crippen LogP contribution in [0.2, 0.25) is 0 Å². The van der Waals surface area contributed by atoms with Crippen LogP contribution in [-0.4, -0.2) is 71.7 Å². The Hall–Kier alpha value is -2.82. The van der Waals surface area contributed by atoms with Crippen molar-refractivity contribution in [2.45, 2.75) is 39.7 Å². The molecule has 29 heavy (non-hydrogen) atoms. The van der Waals surface area contributed by atoms with Gasteiger partial charge in [-0.15, -0.1) is 0 Å². The summed E-state index contributed by atoms with van der Waals surface area (Å²) < 4.78 is 5.45. The molecule has 0 spiro atoms. The molecule has 0 bridgehead atoms. The fraction of sp³-hybridized carbons (Fsp3) is 0.619. The number of carbonyl (C=O) groups excluding carboxylic acids is 2. The predicted molar refractivity (Wildman–Crippen MR) is 108 cm³/mol. The van der Waals surface area contributed by atoms with E-state index in [0.29, 0.717) is 51.3 Å².